The van der Waals surface area contributed by atoms with E-state index in [4.69, 9.17) is 10.5 Å². The molecule has 3 N–H and O–H groups in total. The van der Waals surface area contributed by atoms with Crippen LogP contribution in [-0.2, 0) is 9.59 Å². The molecule has 0 aliphatic carbocycles. The zero-order valence-corrected chi connectivity index (χ0v) is 9.58. The van der Waals surface area contributed by atoms with Crippen LogP contribution in [0.4, 0.5) is 5.69 Å². The van der Waals surface area contributed by atoms with Crippen molar-refractivity contribution in [2.75, 3.05) is 5.32 Å². The molecule has 0 saturated carbocycles. The molecule has 0 bridgehead atoms. The number of benzene rings is 1. The van der Waals surface area contributed by atoms with Gasteiger partial charge in [0, 0.05) is 4.47 Å². The van der Waals surface area contributed by atoms with E-state index < -0.39 is 5.97 Å². The van der Waals surface area contributed by atoms with Crippen LogP contribution in [0.5, 0.6) is 5.75 Å². The molecule has 0 atom stereocenters. The van der Waals surface area contributed by atoms with E-state index in [9.17, 15) is 9.59 Å². The first kappa shape index (κ1) is 10.7. The molecule has 82 valence electrons. The summed E-state index contributed by atoms with van der Waals surface area (Å²) in [5.41, 5.74) is 5.73. The van der Waals surface area contributed by atoms with Gasteiger partial charge in [-0.1, -0.05) is 15.9 Å². The predicted molar refractivity (Wildman–Crippen MR) is 60.7 cm³/mol. The summed E-state index contributed by atoms with van der Waals surface area (Å²) in [4.78, 5) is 21.9. The SMILES string of the molecule is N/C(C=O)=C1\Nc2ccc(Br)cc2OC1=O. The molecule has 1 aliphatic rings. The van der Waals surface area contributed by atoms with Crippen molar-refractivity contribution >= 4 is 33.9 Å². The zero-order chi connectivity index (χ0) is 11.7. The van der Waals surface area contributed by atoms with E-state index in [1.807, 2.05) is 0 Å². The molecule has 0 unspecified atom stereocenters. The number of rotatable bonds is 1. The van der Waals surface area contributed by atoms with Crippen LogP contribution in [0, 0.1) is 0 Å². The van der Waals surface area contributed by atoms with Gasteiger partial charge in [0.05, 0.1) is 5.69 Å². The Kier molecular flexibility index (Phi) is 2.66. The summed E-state index contributed by atoms with van der Waals surface area (Å²) in [5, 5.41) is 2.75. The first-order valence-electron chi connectivity index (χ1n) is 4.35. The number of hydrogen-bond acceptors (Lipinski definition) is 5. The highest BCUT2D eigenvalue weighted by atomic mass is 79.9. The molecule has 0 radical (unpaired) electrons. The lowest BCUT2D eigenvalue weighted by molar-refractivity contribution is -0.130. The predicted octanol–water partition coefficient (Wildman–Crippen LogP) is 1.15. The Labute approximate surface area is 99.4 Å². The Morgan fingerprint density at radius 1 is 1.50 bits per heavy atom. The Balaban J connectivity index is 2.47. The van der Waals surface area contributed by atoms with E-state index in [0.29, 0.717) is 17.7 Å². The van der Waals surface area contributed by atoms with Crippen molar-refractivity contribution in [1.29, 1.82) is 0 Å². The van der Waals surface area contributed by atoms with Gasteiger partial charge in [-0.15, -0.1) is 0 Å². The molecule has 1 heterocycles. The molecule has 0 fully saturated rings. The second-order valence-corrected chi connectivity index (χ2v) is 4.02. The normalized spacial score (nSPS) is 16.9. The molecule has 5 nitrogen and oxygen atoms in total. The molecule has 1 aromatic rings. The van der Waals surface area contributed by atoms with Gasteiger partial charge in [-0.3, -0.25) is 4.79 Å². The van der Waals surface area contributed by atoms with Crippen LogP contribution in [0.1, 0.15) is 0 Å². The molecular weight excluding hydrogens is 276 g/mol. The summed E-state index contributed by atoms with van der Waals surface area (Å²) in [7, 11) is 0. The Morgan fingerprint density at radius 3 is 2.94 bits per heavy atom. The second kappa shape index (κ2) is 3.97. The summed E-state index contributed by atoms with van der Waals surface area (Å²) in [6.07, 6.45) is 0.396. The van der Waals surface area contributed by atoms with Crippen LogP contribution in [0.25, 0.3) is 0 Å². The van der Waals surface area contributed by atoms with Crippen molar-refractivity contribution in [1.82, 2.24) is 0 Å². The summed E-state index contributed by atoms with van der Waals surface area (Å²) in [5.74, 6) is -0.281. The third-order valence-electron chi connectivity index (χ3n) is 2.03. The number of ether oxygens (including phenoxy) is 1. The highest BCUT2D eigenvalue weighted by molar-refractivity contribution is 9.10. The number of hydrogen-bond donors (Lipinski definition) is 2. The van der Waals surface area contributed by atoms with Crippen molar-refractivity contribution in [3.05, 3.63) is 34.1 Å². The van der Waals surface area contributed by atoms with Gasteiger partial charge in [0.2, 0.25) is 0 Å². The van der Waals surface area contributed by atoms with Crippen LogP contribution in [0.15, 0.2) is 34.1 Å². The van der Waals surface area contributed by atoms with Crippen molar-refractivity contribution in [3.8, 4) is 5.75 Å². The molecule has 6 heteroatoms. The van der Waals surface area contributed by atoms with Gasteiger partial charge in [-0.2, -0.15) is 0 Å². The average molecular weight is 283 g/mol. The number of nitrogens with one attached hydrogen (secondary N) is 1. The molecule has 16 heavy (non-hydrogen) atoms. The van der Waals surface area contributed by atoms with E-state index >= 15 is 0 Å². The molecule has 0 saturated heterocycles. The third-order valence-corrected chi connectivity index (χ3v) is 2.52. The van der Waals surface area contributed by atoms with Crippen LogP contribution < -0.4 is 15.8 Å². The van der Waals surface area contributed by atoms with Crippen molar-refractivity contribution in [2.45, 2.75) is 0 Å². The molecular formula is C10H7BrN2O3. The fourth-order valence-electron chi connectivity index (χ4n) is 1.27. The van der Waals surface area contributed by atoms with Gasteiger partial charge in [0.25, 0.3) is 0 Å². The van der Waals surface area contributed by atoms with E-state index in [1.165, 1.54) is 0 Å². The fraction of sp³-hybridized carbons (Fsp3) is 0. The van der Waals surface area contributed by atoms with Crippen molar-refractivity contribution in [3.63, 3.8) is 0 Å². The maximum Gasteiger partial charge on any atom is 0.362 e. The van der Waals surface area contributed by atoms with Crippen LogP contribution in [-0.4, -0.2) is 12.3 Å². The number of halogens is 1. The minimum Gasteiger partial charge on any atom is -0.420 e. The van der Waals surface area contributed by atoms with E-state index in [-0.39, 0.29) is 11.4 Å². The van der Waals surface area contributed by atoms with E-state index in [1.54, 1.807) is 18.2 Å². The number of nitrogens with two attached hydrogens (primary N) is 1. The van der Waals surface area contributed by atoms with E-state index in [0.717, 1.165) is 4.47 Å². The Hall–Kier alpha value is -1.82. The molecule has 1 aromatic carbocycles. The first-order chi connectivity index (χ1) is 7.61. The third kappa shape index (κ3) is 1.79. The topological polar surface area (TPSA) is 81.4 Å². The largest absolute Gasteiger partial charge is 0.420 e. The molecule has 0 aromatic heterocycles. The van der Waals surface area contributed by atoms with Crippen LogP contribution in [0.2, 0.25) is 0 Å². The lowest BCUT2D eigenvalue weighted by Crippen LogP contribution is -2.27. The van der Waals surface area contributed by atoms with Gasteiger partial charge >= 0.3 is 5.97 Å². The average Bonchev–Trinajstić information content (AvgIpc) is 2.27. The summed E-state index contributed by atoms with van der Waals surface area (Å²) >= 11 is 3.26. The quantitative estimate of drug-likeness (QED) is 0.350. The Morgan fingerprint density at radius 2 is 2.25 bits per heavy atom. The van der Waals surface area contributed by atoms with Crippen LogP contribution in [0.3, 0.4) is 0 Å². The Bertz CT molecular complexity index is 511. The second-order valence-electron chi connectivity index (χ2n) is 3.10. The van der Waals surface area contributed by atoms with Crippen LogP contribution >= 0.6 is 15.9 Å². The number of anilines is 1. The van der Waals surface area contributed by atoms with Gasteiger partial charge in [-0.05, 0) is 18.2 Å². The number of fused-ring (bicyclic) bond motifs is 1. The monoisotopic (exact) mass is 282 g/mol. The zero-order valence-electron chi connectivity index (χ0n) is 7.99. The van der Waals surface area contributed by atoms with Gasteiger partial charge < -0.3 is 15.8 Å². The standard InChI is InChI=1S/C10H7BrN2O3/c11-5-1-2-7-8(3-5)16-10(15)9(13-7)6(12)4-14/h1-4,13H,12H2/b9-6-. The maximum absolute atomic E-state index is 11.5. The first-order valence-corrected chi connectivity index (χ1v) is 5.15. The minimum absolute atomic E-state index is 0.0372. The van der Waals surface area contributed by atoms with Gasteiger partial charge in [-0.25, -0.2) is 4.79 Å². The van der Waals surface area contributed by atoms with Crippen molar-refractivity contribution < 1.29 is 14.3 Å². The van der Waals surface area contributed by atoms with E-state index in [2.05, 4.69) is 21.2 Å². The molecule has 1 aliphatic heterocycles. The van der Waals surface area contributed by atoms with Crippen molar-refractivity contribution in [2.24, 2.45) is 5.73 Å². The molecule has 0 spiro atoms. The summed E-state index contributed by atoms with van der Waals surface area (Å²) in [6, 6.07) is 5.14. The molecule has 2 rings (SSSR count). The lowest BCUT2D eigenvalue weighted by atomic mass is 10.2. The highest BCUT2D eigenvalue weighted by Crippen LogP contribution is 2.33. The minimum atomic E-state index is -0.671. The number of carbonyl (C=O) groups is 2. The summed E-state index contributed by atoms with van der Waals surface area (Å²) in [6.45, 7) is 0. The maximum atomic E-state index is 11.5. The van der Waals surface area contributed by atoms with Gasteiger partial charge in [0.1, 0.15) is 5.70 Å². The smallest absolute Gasteiger partial charge is 0.362 e. The number of esters is 1. The number of allylic oxidation sites excluding steroid dienone is 1. The van der Waals surface area contributed by atoms with Gasteiger partial charge in [0.15, 0.2) is 17.7 Å². The lowest BCUT2D eigenvalue weighted by Gasteiger charge is -2.20. The fourth-order valence-corrected chi connectivity index (χ4v) is 1.61. The number of aldehydes is 1. The number of carbonyl (C=O) groups excluding carboxylic acids is 2. The molecule has 0 amide bonds. The highest BCUT2D eigenvalue weighted by Gasteiger charge is 2.24. The summed E-state index contributed by atoms with van der Waals surface area (Å²) < 4.78 is 5.81.